The molecule has 0 aliphatic carbocycles. The summed E-state index contributed by atoms with van der Waals surface area (Å²) >= 11 is 0. The van der Waals surface area contributed by atoms with E-state index in [0.29, 0.717) is 13.0 Å². The molecule has 7 heteroatoms. The number of hydrogen-bond acceptors (Lipinski definition) is 4. The lowest BCUT2D eigenvalue weighted by Crippen LogP contribution is -2.39. The minimum Gasteiger partial charge on any atom is -0.364 e. The molecule has 0 radical (unpaired) electrons. The number of nitrogens with one attached hydrogen (secondary N) is 1. The Balaban J connectivity index is 1.58. The fraction of sp³-hybridized carbons (Fsp3) is 0.412. The molecule has 0 bridgehead atoms. The summed E-state index contributed by atoms with van der Waals surface area (Å²) in [6.45, 7) is 1.43. The van der Waals surface area contributed by atoms with Gasteiger partial charge in [-0.25, -0.2) is 0 Å². The van der Waals surface area contributed by atoms with E-state index in [4.69, 9.17) is 5.73 Å². The van der Waals surface area contributed by atoms with Crippen molar-refractivity contribution in [3.63, 3.8) is 0 Å². The number of aromatic amines is 1. The number of aryl methyl sites for hydroxylation is 1. The van der Waals surface area contributed by atoms with Crippen LogP contribution in [-0.2, 0) is 11.2 Å². The van der Waals surface area contributed by atoms with E-state index in [2.05, 4.69) is 15.2 Å². The van der Waals surface area contributed by atoms with Crippen LogP contribution in [-0.4, -0.2) is 45.0 Å². The van der Waals surface area contributed by atoms with Gasteiger partial charge in [0.05, 0.1) is 0 Å². The average Bonchev–Trinajstić information content (AvgIpc) is 3.11. The summed E-state index contributed by atoms with van der Waals surface area (Å²) in [6, 6.07) is 5.56. The van der Waals surface area contributed by atoms with E-state index in [1.54, 1.807) is 18.5 Å². The predicted octanol–water partition coefficient (Wildman–Crippen LogP) is 1.24. The first kappa shape index (κ1) is 16.2. The third-order valence-electron chi connectivity index (χ3n) is 4.44. The zero-order valence-corrected chi connectivity index (χ0v) is 13.4. The number of piperidine rings is 1. The van der Waals surface area contributed by atoms with Gasteiger partial charge in [-0.3, -0.25) is 19.7 Å². The number of pyridine rings is 1. The van der Waals surface area contributed by atoms with Crippen molar-refractivity contribution in [2.24, 2.45) is 5.73 Å². The maximum atomic E-state index is 12.5. The van der Waals surface area contributed by atoms with Gasteiger partial charge in [0.15, 0.2) is 0 Å². The monoisotopic (exact) mass is 327 g/mol. The third-order valence-corrected chi connectivity index (χ3v) is 4.44. The van der Waals surface area contributed by atoms with E-state index in [0.717, 1.165) is 37.1 Å². The van der Waals surface area contributed by atoms with E-state index >= 15 is 0 Å². The van der Waals surface area contributed by atoms with Crippen molar-refractivity contribution in [2.45, 2.75) is 31.6 Å². The molecule has 24 heavy (non-hydrogen) atoms. The third kappa shape index (κ3) is 3.79. The molecule has 3 heterocycles. The normalized spacial score (nSPS) is 17.7. The molecule has 1 fully saturated rings. The zero-order valence-electron chi connectivity index (χ0n) is 13.4. The summed E-state index contributed by atoms with van der Waals surface area (Å²) in [7, 11) is 0. The van der Waals surface area contributed by atoms with Crippen LogP contribution in [0.25, 0.3) is 0 Å². The van der Waals surface area contributed by atoms with Gasteiger partial charge in [-0.2, -0.15) is 5.10 Å². The minimum atomic E-state index is -0.543. The van der Waals surface area contributed by atoms with E-state index < -0.39 is 5.91 Å². The molecule has 7 nitrogen and oxygen atoms in total. The molecule has 3 N–H and O–H groups in total. The van der Waals surface area contributed by atoms with E-state index in [1.807, 2.05) is 17.0 Å². The predicted molar refractivity (Wildman–Crippen MR) is 88.2 cm³/mol. The summed E-state index contributed by atoms with van der Waals surface area (Å²) in [5.41, 5.74) is 7.47. The first-order valence-corrected chi connectivity index (χ1v) is 8.15. The van der Waals surface area contributed by atoms with Crippen molar-refractivity contribution in [2.75, 3.05) is 13.1 Å². The molecule has 2 aromatic heterocycles. The molecule has 126 valence electrons. The molecule has 0 saturated carbocycles. The molecule has 1 saturated heterocycles. The number of carbonyl (C=O) groups excluding carboxylic acids is 2. The Hall–Kier alpha value is -2.70. The fourth-order valence-electron chi connectivity index (χ4n) is 3.09. The van der Waals surface area contributed by atoms with Gasteiger partial charge in [0.25, 0.3) is 5.91 Å². The highest BCUT2D eigenvalue weighted by Crippen LogP contribution is 2.26. The lowest BCUT2D eigenvalue weighted by atomic mass is 9.94. The van der Waals surface area contributed by atoms with Gasteiger partial charge in [0.2, 0.25) is 5.91 Å². The van der Waals surface area contributed by atoms with E-state index in [-0.39, 0.29) is 17.5 Å². The number of primary amides is 1. The first-order chi connectivity index (χ1) is 11.6. The molecule has 1 aliphatic heterocycles. The Labute approximate surface area is 140 Å². The molecule has 3 rings (SSSR count). The highest BCUT2D eigenvalue weighted by Gasteiger charge is 2.26. The van der Waals surface area contributed by atoms with Crippen LogP contribution in [0.5, 0.6) is 0 Å². The average molecular weight is 327 g/mol. The fourth-order valence-corrected chi connectivity index (χ4v) is 3.09. The number of hydrogen-bond donors (Lipinski definition) is 2. The summed E-state index contributed by atoms with van der Waals surface area (Å²) < 4.78 is 0. The van der Waals surface area contributed by atoms with Crippen molar-refractivity contribution in [1.29, 1.82) is 0 Å². The van der Waals surface area contributed by atoms with E-state index in [9.17, 15) is 9.59 Å². The summed E-state index contributed by atoms with van der Waals surface area (Å²) in [6.07, 6.45) is 6.60. The Bertz CT molecular complexity index is 713. The van der Waals surface area contributed by atoms with Crippen molar-refractivity contribution in [3.8, 4) is 0 Å². The van der Waals surface area contributed by atoms with Crippen molar-refractivity contribution in [3.05, 3.63) is 47.5 Å². The van der Waals surface area contributed by atoms with Gasteiger partial charge in [0.1, 0.15) is 5.69 Å². The van der Waals surface area contributed by atoms with Crippen LogP contribution in [0.4, 0.5) is 0 Å². The largest absolute Gasteiger partial charge is 0.364 e. The maximum Gasteiger partial charge on any atom is 0.269 e. The van der Waals surface area contributed by atoms with E-state index in [1.165, 1.54) is 0 Å². The molecule has 2 aromatic rings. The summed E-state index contributed by atoms with van der Waals surface area (Å²) in [5.74, 6) is -0.214. The standard InChI is InChI=1S/C17H21N5O2/c18-17(24)15-10-14(20-21-15)13-2-1-9-22(11-13)16(23)4-3-12-5-7-19-8-6-12/h5-8,10,13H,1-4,9,11H2,(H2,18,24)(H,20,21)/t13-/m0/s1. The lowest BCUT2D eigenvalue weighted by Gasteiger charge is -2.32. The van der Waals surface area contributed by atoms with Gasteiger partial charge in [-0.05, 0) is 43.0 Å². The Morgan fingerprint density at radius 1 is 1.33 bits per heavy atom. The van der Waals surface area contributed by atoms with Crippen molar-refractivity contribution >= 4 is 11.8 Å². The summed E-state index contributed by atoms with van der Waals surface area (Å²) in [4.78, 5) is 29.5. The second-order valence-corrected chi connectivity index (χ2v) is 6.11. The zero-order chi connectivity index (χ0) is 16.9. The Morgan fingerprint density at radius 2 is 2.12 bits per heavy atom. The number of H-pyrrole nitrogens is 1. The smallest absolute Gasteiger partial charge is 0.269 e. The maximum absolute atomic E-state index is 12.5. The van der Waals surface area contributed by atoms with Crippen molar-refractivity contribution in [1.82, 2.24) is 20.1 Å². The molecule has 1 aliphatic rings. The molecule has 0 spiro atoms. The van der Waals surface area contributed by atoms with Gasteiger partial charge < -0.3 is 10.6 Å². The van der Waals surface area contributed by atoms with Crippen LogP contribution in [0.3, 0.4) is 0 Å². The molecular formula is C17H21N5O2. The molecule has 0 aromatic carbocycles. The van der Waals surface area contributed by atoms with Crippen LogP contribution < -0.4 is 5.73 Å². The molecule has 1 atom stereocenters. The topological polar surface area (TPSA) is 105 Å². The minimum absolute atomic E-state index is 0.158. The van der Waals surface area contributed by atoms with Gasteiger partial charge in [-0.1, -0.05) is 0 Å². The quantitative estimate of drug-likeness (QED) is 0.862. The van der Waals surface area contributed by atoms with Gasteiger partial charge in [-0.15, -0.1) is 0 Å². The highest BCUT2D eigenvalue weighted by atomic mass is 16.2. The number of rotatable bonds is 5. The molecule has 0 unspecified atom stereocenters. The first-order valence-electron chi connectivity index (χ1n) is 8.15. The second-order valence-electron chi connectivity index (χ2n) is 6.11. The number of nitrogens with zero attached hydrogens (tertiary/aromatic N) is 3. The number of nitrogens with two attached hydrogens (primary N) is 1. The SMILES string of the molecule is NC(=O)c1cc([C@H]2CCCN(C(=O)CCc3ccncc3)C2)[nH]n1. The summed E-state index contributed by atoms with van der Waals surface area (Å²) in [5, 5.41) is 6.81. The van der Waals surface area contributed by atoms with Crippen LogP contribution in [0, 0.1) is 0 Å². The van der Waals surface area contributed by atoms with Crippen molar-refractivity contribution < 1.29 is 9.59 Å². The van der Waals surface area contributed by atoms with Crippen LogP contribution in [0.15, 0.2) is 30.6 Å². The number of aromatic nitrogens is 3. The second kappa shape index (κ2) is 7.25. The lowest BCUT2D eigenvalue weighted by molar-refractivity contribution is -0.132. The molecular weight excluding hydrogens is 306 g/mol. The van der Waals surface area contributed by atoms with Gasteiger partial charge in [0, 0.05) is 43.5 Å². The molecule has 2 amide bonds. The van der Waals surface area contributed by atoms with Crippen LogP contribution >= 0.6 is 0 Å². The number of amides is 2. The Morgan fingerprint density at radius 3 is 2.83 bits per heavy atom. The van der Waals surface area contributed by atoms with Gasteiger partial charge >= 0.3 is 0 Å². The van der Waals surface area contributed by atoms with Crippen LogP contribution in [0.2, 0.25) is 0 Å². The van der Waals surface area contributed by atoms with Crippen LogP contribution in [0.1, 0.15) is 46.9 Å². The number of carbonyl (C=O) groups is 2. The number of likely N-dealkylation sites (tertiary alicyclic amines) is 1. The Kier molecular flexibility index (Phi) is 4.88. The highest BCUT2D eigenvalue weighted by molar-refractivity contribution is 5.90.